The van der Waals surface area contributed by atoms with Crippen molar-refractivity contribution in [3.05, 3.63) is 59.7 Å². The fourth-order valence-corrected chi connectivity index (χ4v) is 6.69. The SMILES string of the molecule is CC(C)CC(C(=O)O)N(C(=O)OCC1c2ccccc2-c2ccccc21)C1CCS(=O)(=O)C1. The van der Waals surface area contributed by atoms with Crippen molar-refractivity contribution in [3.8, 4) is 11.1 Å². The van der Waals surface area contributed by atoms with Crippen LogP contribution in [-0.2, 0) is 19.4 Å². The molecule has 7 nitrogen and oxygen atoms in total. The number of rotatable bonds is 7. The fraction of sp³-hybridized carbons (Fsp3) is 0.440. The lowest BCUT2D eigenvalue weighted by Gasteiger charge is -2.34. The summed E-state index contributed by atoms with van der Waals surface area (Å²) >= 11 is 0. The lowest BCUT2D eigenvalue weighted by molar-refractivity contribution is -0.144. The molecule has 4 rings (SSSR count). The molecular formula is C25H29NO6S. The van der Waals surface area contributed by atoms with Crippen molar-refractivity contribution in [2.75, 3.05) is 18.1 Å². The predicted molar refractivity (Wildman–Crippen MR) is 125 cm³/mol. The zero-order valence-corrected chi connectivity index (χ0v) is 19.6. The molecule has 1 saturated heterocycles. The first-order valence-electron chi connectivity index (χ1n) is 11.2. The first kappa shape index (κ1) is 23.3. The molecule has 1 aliphatic carbocycles. The summed E-state index contributed by atoms with van der Waals surface area (Å²) in [6.45, 7) is 3.80. The van der Waals surface area contributed by atoms with Gasteiger partial charge >= 0.3 is 12.1 Å². The van der Waals surface area contributed by atoms with Crippen LogP contribution in [0.5, 0.6) is 0 Å². The summed E-state index contributed by atoms with van der Waals surface area (Å²) in [4.78, 5) is 26.5. The highest BCUT2D eigenvalue weighted by Gasteiger charge is 2.42. The summed E-state index contributed by atoms with van der Waals surface area (Å²) in [5.74, 6) is -1.60. The maximum absolute atomic E-state index is 13.3. The van der Waals surface area contributed by atoms with Crippen molar-refractivity contribution < 1.29 is 27.9 Å². The Morgan fingerprint density at radius 3 is 2.12 bits per heavy atom. The van der Waals surface area contributed by atoms with Crippen LogP contribution in [0.4, 0.5) is 4.79 Å². The Labute approximate surface area is 194 Å². The van der Waals surface area contributed by atoms with E-state index in [1.165, 1.54) is 4.90 Å². The number of carbonyl (C=O) groups excluding carboxylic acids is 1. The van der Waals surface area contributed by atoms with Crippen LogP contribution in [0.25, 0.3) is 11.1 Å². The van der Waals surface area contributed by atoms with Gasteiger partial charge in [-0.3, -0.25) is 4.90 Å². The molecule has 2 aromatic rings. The van der Waals surface area contributed by atoms with E-state index in [9.17, 15) is 23.1 Å². The third kappa shape index (κ3) is 4.76. The third-order valence-electron chi connectivity index (χ3n) is 6.46. The van der Waals surface area contributed by atoms with Gasteiger partial charge < -0.3 is 9.84 Å². The summed E-state index contributed by atoms with van der Waals surface area (Å²) in [7, 11) is -3.31. The predicted octanol–water partition coefficient (Wildman–Crippen LogP) is 3.92. The van der Waals surface area contributed by atoms with Crippen LogP contribution in [0.3, 0.4) is 0 Å². The van der Waals surface area contributed by atoms with Gasteiger partial charge in [0.25, 0.3) is 0 Å². The number of aliphatic carboxylic acids is 1. The zero-order chi connectivity index (χ0) is 23.8. The summed E-state index contributed by atoms with van der Waals surface area (Å²) in [6, 6.07) is 14.1. The molecule has 1 heterocycles. The molecule has 0 saturated carbocycles. The van der Waals surface area contributed by atoms with Gasteiger partial charge in [-0.15, -0.1) is 0 Å². The van der Waals surface area contributed by atoms with E-state index in [-0.39, 0.29) is 42.8 Å². The number of ether oxygens (including phenoxy) is 1. The Morgan fingerprint density at radius 2 is 1.64 bits per heavy atom. The second kappa shape index (κ2) is 9.17. The second-order valence-electron chi connectivity index (χ2n) is 9.25. The molecule has 0 bridgehead atoms. The molecule has 0 aromatic heterocycles. The smallest absolute Gasteiger partial charge is 0.410 e. The lowest BCUT2D eigenvalue weighted by atomic mass is 9.98. The topological polar surface area (TPSA) is 101 Å². The van der Waals surface area contributed by atoms with Gasteiger partial charge in [0.05, 0.1) is 17.5 Å². The van der Waals surface area contributed by atoms with Gasteiger partial charge in [0.15, 0.2) is 9.84 Å². The highest BCUT2D eigenvalue weighted by atomic mass is 32.2. The Balaban J connectivity index is 1.59. The highest BCUT2D eigenvalue weighted by molar-refractivity contribution is 7.91. The zero-order valence-electron chi connectivity index (χ0n) is 18.8. The van der Waals surface area contributed by atoms with Gasteiger partial charge in [0.2, 0.25) is 0 Å². The first-order valence-corrected chi connectivity index (χ1v) is 13.1. The van der Waals surface area contributed by atoms with Crippen LogP contribution >= 0.6 is 0 Å². The van der Waals surface area contributed by atoms with Crippen LogP contribution in [0.1, 0.15) is 43.7 Å². The number of benzene rings is 2. The number of fused-ring (bicyclic) bond motifs is 3. The minimum Gasteiger partial charge on any atom is -0.480 e. The molecule has 0 spiro atoms. The molecule has 2 aliphatic rings. The summed E-state index contributed by atoms with van der Waals surface area (Å²) in [5.41, 5.74) is 4.30. The van der Waals surface area contributed by atoms with Crippen molar-refractivity contribution in [2.45, 2.75) is 44.7 Å². The van der Waals surface area contributed by atoms with Gasteiger partial charge in [-0.1, -0.05) is 62.4 Å². The van der Waals surface area contributed by atoms with E-state index >= 15 is 0 Å². The maximum Gasteiger partial charge on any atom is 0.410 e. The molecule has 2 aromatic carbocycles. The summed E-state index contributed by atoms with van der Waals surface area (Å²) in [5, 5.41) is 9.87. The number of amides is 1. The van der Waals surface area contributed by atoms with Crippen LogP contribution in [-0.4, -0.2) is 60.7 Å². The quantitative estimate of drug-likeness (QED) is 0.657. The normalized spacial score (nSPS) is 19.7. The Bertz CT molecular complexity index is 1110. The lowest BCUT2D eigenvalue weighted by Crippen LogP contribution is -2.52. The molecule has 1 N–H and O–H groups in total. The van der Waals surface area contributed by atoms with E-state index in [1.54, 1.807) is 0 Å². The molecule has 2 unspecified atom stereocenters. The van der Waals surface area contributed by atoms with Crippen LogP contribution < -0.4 is 0 Å². The molecule has 1 fully saturated rings. The van der Waals surface area contributed by atoms with Crippen LogP contribution in [0.2, 0.25) is 0 Å². The number of carboxylic acid groups (broad SMARTS) is 1. The Morgan fingerprint density at radius 1 is 1.06 bits per heavy atom. The molecular weight excluding hydrogens is 442 g/mol. The average Bonchev–Trinajstić information content (AvgIpc) is 3.28. The number of hydrogen-bond donors (Lipinski definition) is 1. The molecule has 176 valence electrons. The maximum atomic E-state index is 13.3. The van der Waals surface area contributed by atoms with E-state index in [0.29, 0.717) is 0 Å². The number of sulfone groups is 1. The van der Waals surface area contributed by atoms with Crippen molar-refractivity contribution in [1.82, 2.24) is 4.90 Å². The number of carboxylic acids is 1. The molecule has 0 radical (unpaired) electrons. The van der Waals surface area contributed by atoms with E-state index in [4.69, 9.17) is 4.74 Å². The van der Waals surface area contributed by atoms with Crippen molar-refractivity contribution in [3.63, 3.8) is 0 Å². The average molecular weight is 472 g/mol. The molecule has 1 aliphatic heterocycles. The van der Waals surface area contributed by atoms with Gasteiger partial charge in [-0.25, -0.2) is 18.0 Å². The van der Waals surface area contributed by atoms with Crippen LogP contribution in [0, 0.1) is 5.92 Å². The number of carbonyl (C=O) groups is 2. The third-order valence-corrected chi connectivity index (χ3v) is 8.21. The van der Waals surface area contributed by atoms with E-state index in [0.717, 1.165) is 22.3 Å². The van der Waals surface area contributed by atoms with E-state index in [1.807, 2.05) is 62.4 Å². The molecule has 2 atom stereocenters. The van der Waals surface area contributed by atoms with Gasteiger partial charge in [-0.2, -0.15) is 0 Å². The second-order valence-corrected chi connectivity index (χ2v) is 11.5. The number of nitrogens with zero attached hydrogens (tertiary/aromatic N) is 1. The van der Waals surface area contributed by atoms with Gasteiger partial charge in [-0.05, 0) is 41.0 Å². The minimum atomic E-state index is -3.31. The van der Waals surface area contributed by atoms with Crippen molar-refractivity contribution in [2.24, 2.45) is 5.92 Å². The summed E-state index contributed by atoms with van der Waals surface area (Å²) < 4.78 is 29.9. The molecule has 33 heavy (non-hydrogen) atoms. The monoisotopic (exact) mass is 471 g/mol. The molecule has 8 heteroatoms. The summed E-state index contributed by atoms with van der Waals surface area (Å²) in [6.07, 6.45) is -0.336. The fourth-order valence-electron chi connectivity index (χ4n) is 4.97. The van der Waals surface area contributed by atoms with Crippen molar-refractivity contribution in [1.29, 1.82) is 0 Å². The van der Waals surface area contributed by atoms with Gasteiger partial charge in [0.1, 0.15) is 12.6 Å². The van der Waals surface area contributed by atoms with E-state index in [2.05, 4.69) is 0 Å². The Hall–Kier alpha value is -2.87. The highest BCUT2D eigenvalue weighted by Crippen LogP contribution is 2.44. The largest absolute Gasteiger partial charge is 0.480 e. The molecule has 1 amide bonds. The van der Waals surface area contributed by atoms with Gasteiger partial charge in [0, 0.05) is 5.92 Å². The van der Waals surface area contributed by atoms with Crippen LogP contribution in [0.15, 0.2) is 48.5 Å². The Kier molecular flexibility index (Phi) is 6.47. The number of hydrogen-bond acceptors (Lipinski definition) is 5. The first-order chi connectivity index (χ1) is 15.7. The standard InChI is InChI=1S/C25H29NO6S/c1-16(2)13-23(24(27)28)26(17-11-12-33(30,31)15-17)25(29)32-14-22-20-9-5-3-7-18(20)19-8-4-6-10-21(19)22/h3-10,16-17,22-23H,11-15H2,1-2H3,(H,27,28). The van der Waals surface area contributed by atoms with E-state index < -0.39 is 34.0 Å². The minimum absolute atomic E-state index is 0.00740. The van der Waals surface area contributed by atoms with Crippen molar-refractivity contribution >= 4 is 21.9 Å².